The van der Waals surface area contributed by atoms with E-state index in [1.807, 2.05) is 90.4 Å². The number of para-hydroxylation sites is 1. The molecule has 0 radical (unpaired) electrons. The monoisotopic (exact) mass is 412 g/mol. The zero-order chi connectivity index (χ0) is 20.8. The molecule has 0 aliphatic heterocycles. The van der Waals surface area contributed by atoms with Crippen LogP contribution in [-0.2, 0) is 12.4 Å². The molecular formula is C24H20N4OS. The van der Waals surface area contributed by atoms with Gasteiger partial charge in [0.2, 0.25) is 0 Å². The molecule has 0 saturated heterocycles. The maximum atomic E-state index is 8.96. The van der Waals surface area contributed by atoms with E-state index in [2.05, 4.69) is 16.3 Å². The van der Waals surface area contributed by atoms with Crippen molar-refractivity contribution in [2.45, 2.75) is 24.4 Å². The number of aromatic nitrogens is 3. The number of benzene rings is 3. The molecule has 0 fully saturated rings. The molecule has 0 atom stereocenters. The van der Waals surface area contributed by atoms with Crippen LogP contribution in [0.15, 0.2) is 84.0 Å². The van der Waals surface area contributed by atoms with Crippen molar-refractivity contribution in [2.75, 3.05) is 0 Å². The number of nitrogens with zero attached hydrogens (tertiary/aromatic N) is 4. The van der Waals surface area contributed by atoms with Gasteiger partial charge in [0.05, 0.1) is 11.6 Å². The molecule has 1 aromatic heterocycles. The minimum Gasteiger partial charge on any atom is -0.486 e. The molecule has 0 aliphatic carbocycles. The number of aryl methyl sites for hydroxylation is 1. The zero-order valence-corrected chi connectivity index (χ0v) is 17.3. The average molecular weight is 413 g/mol. The van der Waals surface area contributed by atoms with Crippen molar-refractivity contribution in [3.8, 4) is 17.5 Å². The van der Waals surface area contributed by atoms with Crippen LogP contribution < -0.4 is 4.74 Å². The second kappa shape index (κ2) is 9.29. The summed E-state index contributed by atoms with van der Waals surface area (Å²) in [7, 11) is 0. The van der Waals surface area contributed by atoms with Crippen molar-refractivity contribution in [2.24, 2.45) is 0 Å². The lowest BCUT2D eigenvalue weighted by molar-refractivity contribution is 0.293. The molecule has 5 nitrogen and oxygen atoms in total. The van der Waals surface area contributed by atoms with Crippen LogP contribution in [0.3, 0.4) is 0 Å². The maximum absolute atomic E-state index is 8.96. The maximum Gasteiger partial charge on any atom is 0.196 e. The van der Waals surface area contributed by atoms with Crippen LogP contribution >= 0.6 is 11.8 Å². The van der Waals surface area contributed by atoms with E-state index in [0.29, 0.717) is 12.2 Å². The van der Waals surface area contributed by atoms with Gasteiger partial charge in [-0.05, 0) is 48.9 Å². The molecule has 30 heavy (non-hydrogen) atoms. The highest BCUT2D eigenvalue weighted by Crippen LogP contribution is 2.26. The molecule has 1 heterocycles. The quantitative estimate of drug-likeness (QED) is 0.385. The molecule has 0 bridgehead atoms. The van der Waals surface area contributed by atoms with Crippen molar-refractivity contribution in [3.05, 3.63) is 101 Å². The summed E-state index contributed by atoms with van der Waals surface area (Å²) in [4.78, 5) is 0. The van der Waals surface area contributed by atoms with Crippen LogP contribution in [0.1, 0.15) is 22.5 Å². The molecule has 0 unspecified atom stereocenters. The van der Waals surface area contributed by atoms with Gasteiger partial charge in [-0.15, -0.1) is 10.2 Å². The second-order valence-electron chi connectivity index (χ2n) is 6.77. The summed E-state index contributed by atoms with van der Waals surface area (Å²) >= 11 is 1.60. The van der Waals surface area contributed by atoms with E-state index >= 15 is 0 Å². The fourth-order valence-corrected chi connectivity index (χ4v) is 3.86. The summed E-state index contributed by atoms with van der Waals surface area (Å²) in [6.07, 6.45) is 0. The van der Waals surface area contributed by atoms with Crippen molar-refractivity contribution in [1.82, 2.24) is 14.8 Å². The molecule has 0 amide bonds. The number of rotatable bonds is 7. The van der Waals surface area contributed by atoms with Crippen LogP contribution in [0.2, 0.25) is 0 Å². The molecule has 0 N–H and O–H groups in total. The van der Waals surface area contributed by atoms with Gasteiger partial charge in [0.15, 0.2) is 11.0 Å². The number of ether oxygens (including phenoxy) is 1. The van der Waals surface area contributed by atoms with Gasteiger partial charge in [-0.2, -0.15) is 5.26 Å². The Morgan fingerprint density at radius 3 is 2.37 bits per heavy atom. The number of hydrogen-bond acceptors (Lipinski definition) is 5. The Hall–Kier alpha value is -3.56. The van der Waals surface area contributed by atoms with E-state index < -0.39 is 0 Å². The summed E-state index contributed by atoms with van der Waals surface area (Å²) in [5.41, 5.74) is 3.97. The first-order chi connectivity index (χ1) is 14.7. The second-order valence-corrected chi connectivity index (χ2v) is 7.71. The standard InChI is InChI=1S/C24H20N4OS/c1-18-7-13-22(14-8-18)29-16-23-26-27-24(28(23)21-5-3-2-4-6-21)30-17-20-11-9-19(15-25)10-12-20/h2-14H,16-17H2,1H3. The van der Waals surface area contributed by atoms with Crippen LogP contribution in [0, 0.1) is 18.3 Å². The lowest BCUT2D eigenvalue weighted by Crippen LogP contribution is -2.06. The first-order valence-electron chi connectivity index (χ1n) is 9.54. The predicted molar refractivity (Wildman–Crippen MR) is 118 cm³/mol. The van der Waals surface area contributed by atoms with Crippen molar-refractivity contribution in [1.29, 1.82) is 5.26 Å². The minimum atomic E-state index is 0.322. The molecule has 3 aromatic carbocycles. The number of nitriles is 1. The Balaban J connectivity index is 1.55. The zero-order valence-electron chi connectivity index (χ0n) is 16.5. The van der Waals surface area contributed by atoms with Crippen LogP contribution in [-0.4, -0.2) is 14.8 Å². The van der Waals surface area contributed by atoms with Crippen molar-refractivity contribution >= 4 is 11.8 Å². The van der Waals surface area contributed by atoms with Gasteiger partial charge in [-0.3, -0.25) is 4.57 Å². The Kier molecular flexibility index (Phi) is 6.11. The molecule has 0 saturated carbocycles. The Morgan fingerprint density at radius 2 is 1.67 bits per heavy atom. The lowest BCUT2D eigenvalue weighted by atomic mass is 10.2. The molecule has 0 aliphatic rings. The number of thioether (sulfide) groups is 1. The highest BCUT2D eigenvalue weighted by molar-refractivity contribution is 7.98. The first-order valence-corrected chi connectivity index (χ1v) is 10.5. The lowest BCUT2D eigenvalue weighted by Gasteiger charge is -2.11. The van der Waals surface area contributed by atoms with Crippen LogP contribution in [0.4, 0.5) is 0 Å². The third-order valence-corrected chi connectivity index (χ3v) is 5.55. The SMILES string of the molecule is Cc1ccc(OCc2nnc(SCc3ccc(C#N)cc3)n2-c2ccccc2)cc1. The minimum absolute atomic E-state index is 0.322. The third kappa shape index (κ3) is 4.70. The van der Waals surface area contributed by atoms with Crippen LogP contribution in [0.5, 0.6) is 5.75 Å². The van der Waals surface area contributed by atoms with E-state index in [4.69, 9.17) is 10.00 Å². The molecule has 6 heteroatoms. The molecule has 4 aromatic rings. The largest absolute Gasteiger partial charge is 0.486 e. The highest BCUT2D eigenvalue weighted by atomic mass is 32.2. The van der Waals surface area contributed by atoms with Gasteiger partial charge in [-0.25, -0.2) is 0 Å². The average Bonchev–Trinajstić information content (AvgIpc) is 3.21. The summed E-state index contributed by atoms with van der Waals surface area (Å²) in [6, 6.07) is 27.7. The van der Waals surface area contributed by atoms with E-state index in [1.54, 1.807) is 11.8 Å². The molecule has 148 valence electrons. The van der Waals surface area contributed by atoms with Crippen LogP contribution in [0.25, 0.3) is 5.69 Å². The van der Waals surface area contributed by atoms with E-state index in [9.17, 15) is 0 Å². The van der Waals surface area contributed by atoms with Gasteiger partial charge in [0.25, 0.3) is 0 Å². The summed E-state index contributed by atoms with van der Waals surface area (Å²) in [5.74, 6) is 2.27. The highest BCUT2D eigenvalue weighted by Gasteiger charge is 2.15. The van der Waals surface area contributed by atoms with E-state index in [0.717, 1.165) is 33.7 Å². The first kappa shape index (κ1) is 19.7. The summed E-state index contributed by atoms with van der Waals surface area (Å²) in [6.45, 7) is 2.37. The van der Waals surface area contributed by atoms with Gasteiger partial charge in [0, 0.05) is 11.4 Å². The molecule has 4 rings (SSSR count). The Morgan fingerprint density at radius 1 is 0.933 bits per heavy atom. The fourth-order valence-electron chi connectivity index (χ4n) is 2.93. The Labute approximate surface area is 180 Å². The predicted octanol–water partition coefficient (Wildman–Crippen LogP) is 5.32. The fraction of sp³-hybridized carbons (Fsp3) is 0.125. The summed E-state index contributed by atoms with van der Waals surface area (Å²) in [5, 5.41) is 18.6. The topological polar surface area (TPSA) is 63.7 Å². The smallest absolute Gasteiger partial charge is 0.196 e. The van der Waals surface area contributed by atoms with Crippen molar-refractivity contribution < 1.29 is 4.74 Å². The van der Waals surface area contributed by atoms with E-state index in [1.165, 1.54) is 5.56 Å². The summed E-state index contributed by atoms with van der Waals surface area (Å²) < 4.78 is 7.98. The van der Waals surface area contributed by atoms with Crippen molar-refractivity contribution in [3.63, 3.8) is 0 Å². The third-order valence-electron chi connectivity index (χ3n) is 4.55. The molecular weight excluding hydrogens is 392 g/mol. The Bertz CT molecular complexity index is 1150. The van der Waals surface area contributed by atoms with E-state index in [-0.39, 0.29) is 0 Å². The number of hydrogen-bond donors (Lipinski definition) is 0. The van der Waals surface area contributed by atoms with Gasteiger partial charge in [0.1, 0.15) is 12.4 Å². The normalized spacial score (nSPS) is 10.5. The molecule has 0 spiro atoms. The van der Waals surface area contributed by atoms with Gasteiger partial charge in [-0.1, -0.05) is 59.8 Å². The van der Waals surface area contributed by atoms with Gasteiger partial charge >= 0.3 is 0 Å². The van der Waals surface area contributed by atoms with Gasteiger partial charge < -0.3 is 4.74 Å².